The molecule has 0 aromatic heterocycles. The maximum absolute atomic E-state index is 9.26. The summed E-state index contributed by atoms with van der Waals surface area (Å²) in [5.41, 5.74) is 0. The minimum Gasteiger partial charge on any atom is -0.471 e. The molecule has 24 valence electrons. The van der Waals surface area contributed by atoms with Crippen LogP contribution in [-0.4, -0.2) is 13.6 Å². The number of ether oxygens (including phenoxy) is 1. The van der Waals surface area contributed by atoms with E-state index in [4.69, 9.17) is 1.37 Å². The third-order valence-electron chi connectivity index (χ3n) is 0.0833. The van der Waals surface area contributed by atoms with Crippen molar-refractivity contribution in [2.75, 3.05) is 7.11 Å². The predicted molar refractivity (Wildman–Crippen MR) is 13.1 cm³/mol. The fourth-order valence-corrected chi connectivity index (χ4v) is 0. The Hall–Kier alpha value is -0.530. The highest BCUT2D eigenvalue weighted by molar-refractivity contribution is 5.36. The number of hydrogen-bond donors (Lipinski definition) is 0. The van der Waals surface area contributed by atoms with Gasteiger partial charge in [0.2, 0.25) is 0 Å². The van der Waals surface area contributed by atoms with Gasteiger partial charge in [0.05, 0.1) is 7.11 Å². The summed E-state index contributed by atoms with van der Waals surface area (Å²) in [5, 5.41) is 0. The summed E-state index contributed by atoms with van der Waals surface area (Å²) < 4.78 is 9.74. The fraction of sp³-hybridized carbons (Fsp3) is 0.500. The lowest BCUT2D eigenvalue weighted by Gasteiger charge is -1.67. The van der Waals surface area contributed by atoms with E-state index >= 15 is 0 Å². The molecule has 0 aromatic carbocycles. The van der Waals surface area contributed by atoms with Gasteiger partial charge in [-0.1, -0.05) is 0 Å². The summed E-state index contributed by atoms with van der Waals surface area (Å²) in [6, 6.07) is 0. The van der Waals surface area contributed by atoms with Gasteiger partial charge in [-0.25, -0.2) is 0 Å². The third-order valence-corrected chi connectivity index (χ3v) is 0.0833. The summed E-state index contributed by atoms with van der Waals surface area (Å²) in [5.74, 6) is 0. The van der Waals surface area contributed by atoms with E-state index in [1.165, 1.54) is 0 Å². The van der Waals surface area contributed by atoms with Gasteiger partial charge >= 0.3 is 0 Å². The lowest BCUT2D eigenvalue weighted by atomic mass is 11.5. The molecule has 0 bridgehead atoms. The maximum Gasteiger partial charge on any atom is 0.292 e. The molecular weight excluding hydrogens is 56.0 g/mol. The van der Waals surface area contributed by atoms with E-state index in [0.717, 1.165) is 7.11 Å². The van der Waals surface area contributed by atoms with E-state index < -0.39 is 6.45 Å². The predicted octanol–water partition coefficient (Wildman–Crippen LogP) is -0.211. The first-order chi connectivity index (χ1) is 2.27. The Labute approximate surface area is 25.8 Å². The second kappa shape index (κ2) is 2.47. The van der Waals surface area contributed by atoms with Gasteiger partial charge in [0.1, 0.15) is 0 Å². The maximum atomic E-state index is 9.26. The molecule has 0 amide bonds. The van der Waals surface area contributed by atoms with Gasteiger partial charge in [-0.05, 0) is 0 Å². The van der Waals surface area contributed by atoms with E-state index in [0.29, 0.717) is 0 Å². The highest BCUT2D eigenvalue weighted by atomic mass is 16.5. The Kier molecular flexibility index (Phi) is 1.09. The Bertz CT molecular complexity index is 42.9. The Morgan fingerprint density at radius 3 is 2.75 bits per heavy atom. The molecule has 0 aliphatic heterocycles. The van der Waals surface area contributed by atoms with Crippen LogP contribution in [-0.2, 0) is 9.53 Å². The van der Waals surface area contributed by atoms with Crippen molar-refractivity contribution in [3.8, 4) is 0 Å². The molecule has 0 saturated heterocycles. The second-order valence-electron chi connectivity index (χ2n) is 0.287. The molecule has 0 saturated carbocycles. The van der Waals surface area contributed by atoms with Crippen LogP contribution in [0.4, 0.5) is 0 Å². The first kappa shape index (κ1) is 1.76. The molecule has 0 aromatic rings. The fourth-order valence-electron chi connectivity index (χ4n) is 0. The normalized spacial score (nSPS) is 8.75. The molecule has 0 atom stereocenters. The van der Waals surface area contributed by atoms with Gasteiger partial charge in [-0.2, -0.15) is 0 Å². The van der Waals surface area contributed by atoms with Crippen molar-refractivity contribution in [3.05, 3.63) is 0 Å². The van der Waals surface area contributed by atoms with Gasteiger partial charge in [-0.15, -0.1) is 0 Å². The summed E-state index contributed by atoms with van der Waals surface area (Å²) >= 11 is 0. The average molecular weight is 62.1 g/mol. The molecule has 0 N–H and O–H groups in total. The number of rotatable bonds is 0. The molecule has 0 heterocycles. The number of carbonyl (C=O) groups is 1. The largest absolute Gasteiger partial charge is 0.471 e. The molecule has 0 radical (unpaired) electrons. The zero-order chi connectivity index (χ0) is 4.28. The molecule has 0 spiro atoms. The lowest BCUT2D eigenvalue weighted by Crippen LogP contribution is -1.68. The van der Waals surface area contributed by atoms with Gasteiger partial charge in [-0.3, -0.25) is 4.79 Å². The van der Waals surface area contributed by atoms with E-state index in [9.17, 15) is 4.79 Å². The van der Waals surface area contributed by atoms with Crippen LogP contribution in [0.5, 0.6) is 0 Å². The summed E-state index contributed by atoms with van der Waals surface area (Å²) in [6.07, 6.45) is -0.995. The molecule has 4 heavy (non-hydrogen) atoms. The highest BCUT2D eigenvalue weighted by Gasteiger charge is 1.44. The van der Waals surface area contributed by atoms with Gasteiger partial charge in [0.25, 0.3) is 6.45 Å². The zero-order valence-electron chi connectivity index (χ0n) is 3.32. The molecule has 0 aliphatic carbocycles. The van der Waals surface area contributed by atoms with E-state index in [-0.39, 0.29) is 0 Å². The molecule has 0 aliphatic rings. The minimum atomic E-state index is -0.995. The number of methoxy groups -OCH3 is 1. The monoisotopic (exact) mass is 62.0 g/mol. The van der Waals surface area contributed by atoms with Crippen molar-refractivity contribution in [1.29, 1.82) is 0 Å². The second-order valence-corrected chi connectivity index (χ2v) is 0.287. The molecule has 2 nitrogen and oxygen atoms in total. The van der Waals surface area contributed by atoms with Crippen LogP contribution < -0.4 is 0 Å². The van der Waals surface area contributed by atoms with Crippen LogP contribution in [0.25, 0.3) is 0 Å². The average Bonchev–Trinajstić information content (AvgIpc) is 1.38. The molecular formula is C2H4O2. The van der Waals surface area contributed by atoms with Crippen molar-refractivity contribution in [3.63, 3.8) is 0 Å². The van der Waals surface area contributed by atoms with Crippen molar-refractivity contribution in [2.45, 2.75) is 0 Å². The summed E-state index contributed by atoms with van der Waals surface area (Å²) in [4.78, 5) is 9.26. The molecule has 2 heteroatoms. The van der Waals surface area contributed by atoms with Crippen LogP contribution in [0.3, 0.4) is 0 Å². The zero-order valence-corrected chi connectivity index (χ0v) is 2.32. The van der Waals surface area contributed by atoms with Crippen molar-refractivity contribution < 1.29 is 10.9 Å². The Morgan fingerprint density at radius 1 is 2.50 bits per heavy atom. The SMILES string of the molecule is [3H]C(=O)OC. The van der Waals surface area contributed by atoms with E-state index in [1.54, 1.807) is 0 Å². The van der Waals surface area contributed by atoms with E-state index in [1.807, 2.05) is 0 Å². The van der Waals surface area contributed by atoms with Gasteiger partial charge < -0.3 is 4.74 Å². The Balaban J connectivity index is 2.85. The van der Waals surface area contributed by atoms with Gasteiger partial charge in [0, 0.05) is 0 Å². The van der Waals surface area contributed by atoms with Crippen LogP contribution >= 0.6 is 0 Å². The standard InChI is InChI=1S/C2H4O2/c1-4-2-3/h2H,1H3/i2T. The first-order valence-electron chi connectivity index (χ1n) is 1.32. The van der Waals surface area contributed by atoms with Crippen LogP contribution in [0.1, 0.15) is 1.37 Å². The summed E-state index contributed by atoms with van der Waals surface area (Å²) in [7, 11) is 1.16. The van der Waals surface area contributed by atoms with Crippen LogP contribution in [0.15, 0.2) is 0 Å². The van der Waals surface area contributed by atoms with Crippen LogP contribution in [0.2, 0.25) is 0 Å². The quantitative estimate of drug-likeness (QED) is 0.363. The van der Waals surface area contributed by atoms with Gasteiger partial charge in [0.15, 0.2) is 1.37 Å². The van der Waals surface area contributed by atoms with Crippen molar-refractivity contribution in [2.24, 2.45) is 0 Å². The Morgan fingerprint density at radius 2 is 2.75 bits per heavy atom. The van der Waals surface area contributed by atoms with E-state index in [2.05, 4.69) is 4.74 Å². The lowest BCUT2D eigenvalue weighted by molar-refractivity contribution is -0.126. The molecule has 0 fully saturated rings. The molecule has 0 rings (SSSR count). The van der Waals surface area contributed by atoms with Crippen molar-refractivity contribution >= 4 is 6.45 Å². The first-order valence-corrected chi connectivity index (χ1v) is 0.816. The summed E-state index contributed by atoms with van der Waals surface area (Å²) in [6.45, 7) is 0. The number of hydrogen-bond acceptors (Lipinski definition) is 2. The third kappa shape index (κ3) is 1.47. The van der Waals surface area contributed by atoms with Crippen LogP contribution in [0, 0.1) is 0 Å². The smallest absolute Gasteiger partial charge is 0.292 e. The highest BCUT2D eigenvalue weighted by Crippen LogP contribution is 1.35. The minimum absolute atomic E-state index is 0.995. The molecule has 0 unspecified atom stereocenters. The number of carbonyl (C=O) groups excluding carboxylic acids is 1. The van der Waals surface area contributed by atoms with Crippen molar-refractivity contribution in [1.82, 2.24) is 0 Å². The topological polar surface area (TPSA) is 26.3 Å².